The number of aromatic amines is 1. The Bertz CT molecular complexity index is 1160. The van der Waals surface area contributed by atoms with Crippen molar-refractivity contribution in [2.75, 3.05) is 11.9 Å². The van der Waals surface area contributed by atoms with Crippen molar-refractivity contribution in [3.05, 3.63) is 64.9 Å². The fourth-order valence-electron chi connectivity index (χ4n) is 3.14. The Kier molecular flexibility index (Phi) is 4.24. The second-order valence-corrected chi connectivity index (χ2v) is 7.56. The van der Waals surface area contributed by atoms with Gasteiger partial charge in [0.1, 0.15) is 12.0 Å². The number of H-pyrrole nitrogens is 1. The van der Waals surface area contributed by atoms with E-state index in [-0.39, 0.29) is 11.8 Å². The molecule has 5 heterocycles. The lowest BCUT2D eigenvalue weighted by atomic mass is 10.1. The molecule has 1 aliphatic heterocycles. The third kappa shape index (κ3) is 3.34. The number of carbonyl (C=O) groups is 2. The van der Waals surface area contributed by atoms with Crippen molar-refractivity contribution < 1.29 is 18.4 Å². The van der Waals surface area contributed by atoms with Crippen LogP contribution in [0.25, 0.3) is 11.5 Å². The van der Waals surface area contributed by atoms with Crippen LogP contribution >= 0.6 is 11.3 Å². The van der Waals surface area contributed by atoms with Gasteiger partial charge >= 0.3 is 0 Å². The Balaban J connectivity index is 1.29. The molecule has 4 aromatic rings. The number of anilines is 1. The Morgan fingerprint density at radius 2 is 2.21 bits per heavy atom. The smallest absolute Gasteiger partial charge is 0.274 e. The third-order valence-corrected chi connectivity index (χ3v) is 5.60. The molecule has 0 spiro atoms. The van der Waals surface area contributed by atoms with Crippen LogP contribution in [0.3, 0.4) is 0 Å². The monoisotopic (exact) mass is 409 g/mol. The molecular formula is C19H15N5O4S. The summed E-state index contributed by atoms with van der Waals surface area (Å²) in [6, 6.07) is 6.84. The van der Waals surface area contributed by atoms with Gasteiger partial charge in [-0.2, -0.15) is 5.10 Å². The van der Waals surface area contributed by atoms with E-state index in [1.54, 1.807) is 35.4 Å². The van der Waals surface area contributed by atoms with E-state index in [2.05, 4.69) is 20.5 Å². The van der Waals surface area contributed by atoms with Gasteiger partial charge in [0.15, 0.2) is 16.6 Å². The van der Waals surface area contributed by atoms with Crippen molar-refractivity contribution in [3.63, 3.8) is 0 Å². The van der Waals surface area contributed by atoms with Gasteiger partial charge in [-0.1, -0.05) is 11.3 Å². The number of amides is 2. The highest BCUT2D eigenvalue weighted by molar-refractivity contribution is 7.15. The summed E-state index contributed by atoms with van der Waals surface area (Å²) < 4.78 is 10.2. The molecule has 0 atom stereocenters. The van der Waals surface area contributed by atoms with E-state index in [1.807, 2.05) is 0 Å². The summed E-state index contributed by atoms with van der Waals surface area (Å²) >= 11 is 1.37. The third-order valence-electron chi connectivity index (χ3n) is 4.61. The van der Waals surface area contributed by atoms with Gasteiger partial charge in [-0.15, -0.1) is 0 Å². The SMILES string of the molecule is O=C(Nc1nc2c(s1)CN(C(=O)c1cc(-c3ccco3)[nH]n1)CC2)c1ccoc1. The van der Waals surface area contributed by atoms with Gasteiger partial charge < -0.3 is 13.7 Å². The zero-order valence-corrected chi connectivity index (χ0v) is 15.9. The van der Waals surface area contributed by atoms with Crippen molar-refractivity contribution in [1.29, 1.82) is 0 Å². The van der Waals surface area contributed by atoms with Crippen molar-refractivity contribution in [1.82, 2.24) is 20.1 Å². The van der Waals surface area contributed by atoms with Crippen LogP contribution in [0.1, 0.15) is 31.4 Å². The zero-order chi connectivity index (χ0) is 19.8. The summed E-state index contributed by atoms with van der Waals surface area (Å²) in [4.78, 5) is 32.2. The van der Waals surface area contributed by atoms with E-state index < -0.39 is 0 Å². The number of nitrogens with zero attached hydrogens (tertiary/aromatic N) is 3. The highest BCUT2D eigenvalue weighted by Crippen LogP contribution is 2.29. The van der Waals surface area contributed by atoms with Crippen LogP contribution in [-0.4, -0.2) is 38.4 Å². The Morgan fingerprint density at radius 3 is 3.00 bits per heavy atom. The van der Waals surface area contributed by atoms with Crippen LogP contribution in [0.4, 0.5) is 5.13 Å². The van der Waals surface area contributed by atoms with Gasteiger partial charge in [-0.3, -0.25) is 20.0 Å². The average Bonchev–Trinajstić information content (AvgIpc) is 3.53. The summed E-state index contributed by atoms with van der Waals surface area (Å²) in [6.07, 6.45) is 5.01. The lowest BCUT2D eigenvalue weighted by molar-refractivity contribution is 0.0730. The highest BCUT2D eigenvalue weighted by Gasteiger charge is 2.27. The predicted octanol–water partition coefficient (Wildman–Crippen LogP) is 3.17. The summed E-state index contributed by atoms with van der Waals surface area (Å²) in [6.45, 7) is 0.962. The summed E-state index contributed by atoms with van der Waals surface area (Å²) in [7, 11) is 0. The molecule has 4 aromatic heterocycles. The first-order chi connectivity index (χ1) is 14.2. The molecule has 1 aliphatic rings. The molecule has 0 fully saturated rings. The van der Waals surface area contributed by atoms with Gasteiger partial charge in [-0.05, 0) is 18.2 Å². The van der Waals surface area contributed by atoms with Crippen molar-refractivity contribution >= 4 is 28.3 Å². The standard InChI is InChI=1S/C19H15N5O4S/c25-17(11-4-7-27-10-11)21-19-20-12-3-5-24(9-16(12)29-19)18(26)14-8-13(22-23-14)15-2-1-6-28-15/h1-2,4,6-8,10H,3,5,9H2,(H,22,23)(H,20,21,25). The number of aromatic nitrogens is 3. The number of furan rings is 2. The molecule has 0 unspecified atom stereocenters. The molecule has 146 valence electrons. The molecular weight excluding hydrogens is 394 g/mol. The van der Waals surface area contributed by atoms with E-state index in [1.165, 1.54) is 23.9 Å². The molecule has 5 rings (SSSR count). The molecule has 0 aliphatic carbocycles. The van der Waals surface area contributed by atoms with E-state index in [0.29, 0.717) is 47.4 Å². The predicted molar refractivity (Wildman–Crippen MR) is 104 cm³/mol. The number of hydrogen-bond acceptors (Lipinski definition) is 7. The number of rotatable bonds is 4. The second-order valence-electron chi connectivity index (χ2n) is 6.48. The minimum absolute atomic E-state index is 0.165. The van der Waals surface area contributed by atoms with Crippen molar-refractivity contribution in [2.24, 2.45) is 0 Å². The van der Waals surface area contributed by atoms with Crippen LogP contribution in [0.15, 0.2) is 51.9 Å². The number of nitrogens with one attached hydrogen (secondary N) is 2. The van der Waals surface area contributed by atoms with E-state index in [9.17, 15) is 9.59 Å². The Morgan fingerprint density at radius 1 is 1.28 bits per heavy atom. The number of hydrogen-bond donors (Lipinski definition) is 2. The molecule has 0 aromatic carbocycles. The summed E-state index contributed by atoms with van der Waals surface area (Å²) in [5.74, 6) is 0.180. The van der Waals surface area contributed by atoms with Crippen LogP contribution in [0.2, 0.25) is 0 Å². The summed E-state index contributed by atoms with van der Waals surface area (Å²) in [5, 5.41) is 10.2. The lowest BCUT2D eigenvalue weighted by Gasteiger charge is -2.25. The van der Waals surface area contributed by atoms with Crippen molar-refractivity contribution in [2.45, 2.75) is 13.0 Å². The first kappa shape index (κ1) is 17.4. The maximum Gasteiger partial charge on any atom is 0.274 e. The maximum absolute atomic E-state index is 12.8. The molecule has 2 amide bonds. The van der Waals surface area contributed by atoms with Crippen molar-refractivity contribution in [3.8, 4) is 11.5 Å². The van der Waals surface area contributed by atoms with Gasteiger partial charge in [-0.25, -0.2) is 4.98 Å². The highest BCUT2D eigenvalue weighted by atomic mass is 32.1. The van der Waals surface area contributed by atoms with Gasteiger partial charge in [0, 0.05) is 23.9 Å². The molecule has 0 saturated carbocycles. The van der Waals surface area contributed by atoms with Gasteiger partial charge in [0.05, 0.1) is 30.3 Å². The molecule has 10 heteroatoms. The molecule has 29 heavy (non-hydrogen) atoms. The first-order valence-electron chi connectivity index (χ1n) is 8.88. The average molecular weight is 409 g/mol. The molecule has 0 saturated heterocycles. The van der Waals surface area contributed by atoms with Crippen LogP contribution in [0, 0.1) is 0 Å². The lowest BCUT2D eigenvalue weighted by Crippen LogP contribution is -2.35. The maximum atomic E-state index is 12.8. The molecule has 0 bridgehead atoms. The fourth-order valence-corrected chi connectivity index (χ4v) is 4.16. The van der Waals surface area contributed by atoms with Crippen LogP contribution < -0.4 is 5.32 Å². The number of thiazole rings is 1. The van der Waals surface area contributed by atoms with Crippen LogP contribution in [-0.2, 0) is 13.0 Å². The molecule has 9 nitrogen and oxygen atoms in total. The van der Waals surface area contributed by atoms with Gasteiger partial charge in [0.2, 0.25) is 0 Å². The zero-order valence-electron chi connectivity index (χ0n) is 15.0. The normalized spacial score (nSPS) is 13.3. The Hall–Kier alpha value is -3.66. The molecule has 0 radical (unpaired) electrons. The Labute approximate surface area is 168 Å². The van der Waals surface area contributed by atoms with Gasteiger partial charge in [0.25, 0.3) is 11.8 Å². The first-order valence-corrected chi connectivity index (χ1v) is 9.70. The van der Waals surface area contributed by atoms with E-state index in [4.69, 9.17) is 8.83 Å². The molecule has 2 N–H and O–H groups in total. The number of carbonyl (C=O) groups excluding carboxylic acids is 2. The van der Waals surface area contributed by atoms with Crippen LogP contribution in [0.5, 0.6) is 0 Å². The van der Waals surface area contributed by atoms with E-state index in [0.717, 1.165) is 10.6 Å². The fraction of sp³-hybridized carbons (Fsp3) is 0.158. The minimum atomic E-state index is -0.278. The second kappa shape index (κ2) is 7.06. The number of fused-ring (bicyclic) bond motifs is 1. The largest absolute Gasteiger partial charge is 0.472 e. The quantitative estimate of drug-likeness (QED) is 0.535. The summed E-state index contributed by atoms with van der Waals surface area (Å²) in [5.41, 5.74) is 2.32. The van der Waals surface area contributed by atoms with E-state index >= 15 is 0 Å². The minimum Gasteiger partial charge on any atom is -0.472 e. The topological polar surface area (TPSA) is 117 Å².